The van der Waals surface area contributed by atoms with E-state index in [1.54, 1.807) is 12.1 Å². The summed E-state index contributed by atoms with van der Waals surface area (Å²) < 4.78 is 12.7. The van der Waals surface area contributed by atoms with Gasteiger partial charge in [-0.25, -0.2) is 4.39 Å². The zero-order valence-electron chi connectivity index (χ0n) is 6.84. The Labute approximate surface area is 87.8 Å². The molecule has 1 nitrogen and oxygen atoms in total. The molecule has 1 aromatic rings. The van der Waals surface area contributed by atoms with Gasteiger partial charge in [0.2, 0.25) is 0 Å². The van der Waals surface area contributed by atoms with Crippen LogP contribution >= 0.6 is 24.0 Å². The van der Waals surface area contributed by atoms with Crippen LogP contribution in [0.15, 0.2) is 30.9 Å². The molecule has 1 rings (SSSR count). The SMILES string of the molecule is C=C[C@@H](N)c1ccc(F)c(Cl)c1.Cl. The molecule has 0 heterocycles. The van der Waals surface area contributed by atoms with Crippen LogP contribution in [0.25, 0.3) is 0 Å². The first-order chi connectivity index (χ1) is 5.65. The molecule has 0 unspecified atom stereocenters. The fourth-order valence-corrected chi connectivity index (χ4v) is 1.04. The quantitative estimate of drug-likeness (QED) is 0.764. The van der Waals surface area contributed by atoms with Crippen LogP contribution < -0.4 is 5.73 Å². The van der Waals surface area contributed by atoms with Crippen LogP contribution in [0.4, 0.5) is 4.39 Å². The minimum Gasteiger partial charge on any atom is -0.321 e. The van der Waals surface area contributed by atoms with E-state index in [1.165, 1.54) is 12.1 Å². The van der Waals surface area contributed by atoms with Gasteiger partial charge < -0.3 is 5.73 Å². The highest BCUT2D eigenvalue weighted by Gasteiger charge is 2.04. The van der Waals surface area contributed by atoms with Crippen LogP contribution in [-0.2, 0) is 0 Å². The molecule has 0 aliphatic heterocycles. The fourth-order valence-electron chi connectivity index (χ4n) is 0.856. The van der Waals surface area contributed by atoms with E-state index < -0.39 is 5.82 Å². The van der Waals surface area contributed by atoms with Crippen molar-refractivity contribution in [3.8, 4) is 0 Å². The molecule has 0 aromatic heterocycles. The lowest BCUT2D eigenvalue weighted by atomic mass is 10.1. The first-order valence-electron chi connectivity index (χ1n) is 3.48. The Balaban J connectivity index is 0.00000144. The van der Waals surface area contributed by atoms with Gasteiger partial charge in [-0.15, -0.1) is 19.0 Å². The van der Waals surface area contributed by atoms with Gasteiger partial charge in [0.1, 0.15) is 5.82 Å². The number of benzene rings is 1. The van der Waals surface area contributed by atoms with Crippen LogP contribution in [0, 0.1) is 5.82 Å². The van der Waals surface area contributed by atoms with Crippen LogP contribution in [-0.4, -0.2) is 0 Å². The molecule has 0 amide bonds. The Kier molecular flexibility index (Phi) is 4.99. The van der Waals surface area contributed by atoms with E-state index in [0.29, 0.717) is 0 Å². The minimum absolute atomic E-state index is 0. The summed E-state index contributed by atoms with van der Waals surface area (Å²) in [7, 11) is 0. The topological polar surface area (TPSA) is 26.0 Å². The Morgan fingerprint density at radius 2 is 2.15 bits per heavy atom. The summed E-state index contributed by atoms with van der Waals surface area (Å²) in [4.78, 5) is 0. The molecular weight excluding hydrogens is 212 g/mol. The van der Waals surface area contributed by atoms with Gasteiger partial charge in [0.25, 0.3) is 0 Å². The highest BCUT2D eigenvalue weighted by atomic mass is 35.5. The normalized spacial score (nSPS) is 11.6. The first kappa shape index (κ1) is 12.4. The predicted molar refractivity (Wildman–Crippen MR) is 55.8 cm³/mol. The summed E-state index contributed by atoms with van der Waals surface area (Å²) in [6.07, 6.45) is 1.57. The molecule has 0 radical (unpaired) electrons. The number of hydrogen-bond acceptors (Lipinski definition) is 1. The lowest BCUT2D eigenvalue weighted by Crippen LogP contribution is -2.06. The van der Waals surface area contributed by atoms with Gasteiger partial charge in [-0.05, 0) is 17.7 Å². The number of hydrogen-bond donors (Lipinski definition) is 1. The van der Waals surface area contributed by atoms with Crippen molar-refractivity contribution >= 4 is 24.0 Å². The van der Waals surface area contributed by atoms with Gasteiger partial charge in [0.05, 0.1) is 5.02 Å². The van der Waals surface area contributed by atoms with Gasteiger partial charge >= 0.3 is 0 Å². The summed E-state index contributed by atoms with van der Waals surface area (Å²) in [5.74, 6) is -0.434. The Hall–Kier alpha value is -0.570. The summed E-state index contributed by atoms with van der Waals surface area (Å²) in [5, 5.41) is 0.0878. The monoisotopic (exact) mass is 221 g/mol. The number of nitrogens with two attached hydrogens (primary N) is 1. The maximum atomic E-state index is 12.7. The summed E-state index contributed by atoms with van der Waals surface area (Å²) in [6, 6.07) is 4.10. The lowest BCUT2D eigenvalue weighted by molar-refractivity contribution is 0.627. The van der Waals surface area contributed by atoms with Crippen molar-refractivity contribution in [2.24, 2.45) is 5.73 Å². The molecule has 0 spiro atoms. The zero-order chi connectivity index (χ0) is 9.14. The van der Waals surface area contributed by atoms with Crippen LogP contribution in [0.3, 0.4) is 0 Å². The third-order valence-corrected chi connectivity index (χ3v) is 1.87. The zero-order valence-corrected chi connectivity index (χ0v) is 8.41. The average molecular weight is 222 g/mol. The van der Waals surface area contributed by atoms with Crippen molar-refractivity contribution in [3.63, 3.8) is 0 Å². The van der Waals surface area contributed by atoms with Crippen LogP contribution in [0.5, 0.6) is 0 Å². The second kappa shape index (κ2) is 5.22. The smallest absolute Gasteiger partial charge is 0.141 e. The molecule has 0 fully saturated rings. The molecule has 1 atom stereocenters. The maximum Gasteiger partial charge on any atom is 0.141 e. The number of rotatable bonds is 2. The fraction of sp³-hybridized carbons (Fsp3) is 0.111. The third kappa shape index (κ3) is 2.99. The standard InChI is InChI=1S/C9H9ClFN.ClH/c1-2-9(12)6-3-4-8(11)7(10)5-6;/h2-5,9H,1,12H2;1H/t9-;/m1./s1. The van der Waals surface area contributed by atoms with Crippen molar-refractivity contribution in [2.45, 2.75) is 6.04 Å². The molecule has 0 saturated heterocycles. The summed E-state index contributed by atoms with van der Waals surface area (Å²) in [5.41, 5.74) is 6.37. The van der Waals surface area contributed by atoms with Gasteiger partial charge in [0.15, 0.2) is 0 Å². The molecular formula is C9H10Cl2FN. The summed E-state index contributed by atoms with van der Waals surface area (Å²) >= 11 is 5.55. The van der Waals surface area contributed by atoms with Gasteiger partial charge in [-0.1, -0.05) is 23.7 Å². The molecule has 0 aliphatic carbocycles. The molecule has 13 heavy (non-hydrogen) atoms. The largest absolute Gasteiger partial charge is 0.321 e. The molecule has 2 N–H and O–H groups in total. The van der Waals surface area contributed by atoms with Crippen molar-refractivity contribution in [1.82, 2.24) is 0 Å². The lowest BCUT2D eigenvalue weighted by Gasteiger charge is -2.06. The molecule has 0 aliphatic rings. The highest BCUT2D eigenvalue weighted by Crippen LogP contribution is 2.19. The van der Waals surface area contributed by atoms with Crippen LogP contribution in [0.1, 0.15) is 11.6 Å². The Bertz CT molecular complexity index is 302. The number of halogens is 3. The minimum atomic E-state index is -0.434. The Morgan fingerprint density at radius 1 is 1.54 bits per heavy atom. The summed E-state index contributed by atoms with van der Waals surface area (Å²) in [6.45, 7) is 3.53. The van der Waals surface area contributed by atoms with E-state index in [0.717, 1.165) is 5.56 Å². The van der Waals surface area contributed by atoms with E-state index in [1.807, 2.05) is 0 Å². The van der Waals surface area contributed by atoms with Gasteiger partial charge in [-0.3, -0.25) is 0 Å². The van der Waals surface area contributed by atoms with E-state index in [4.69, 9.17) is 17.3 Å². The highest BCUT2D eigenvalue weighted by molar-refractivity contribution is 6.30. The molecule has 0 bridgehead atoms. The van der Waals surface area contributed by atoms with Crippen molar-refractivity contribution in [1.29, 1.82) is 0 Å². The first-order valence-corrected chi connectivity index (χ1v) is 3.86. The molecule has 1 aromatic carbocycles. The van der Waals surface area contributed by atoms with E-state index in [-0.39, 0.29) is 23.5 Å². The third-order valence-electron chi connectivity index (χ3n) is 1.58. The molecule has 4 heteroatoms. The van der Waals surface area contributed by atoms with Crippen molar-refractivity contribution in [3.05, 3.63) is 47.3 Å². The van der Waals surface area contributed by atoms with E-state index in [2.05, 4.69) is 6.58 Å². The van der Waals surface area contributed by atoms with E-state index >= 15 is 0 Å². The predicted octanol–water partition coefficient (Wildman–Crippen LogP) is 3.09. The second-order valence-electron chi connectivity index (χ2n) is 2.44. The average Bonchev–Trinajstić information content (AvgIpc) is 2.08. The Morgan fingerprint density at radius 3 is 2.62 bits per heavy atom. The second-order valence-corrected chi connectivity index (χ2v) is 2.84. The molecule has 72 valence electrons. The van der Waals surface area contributed by atoms with Crippen LogP contribution in [0.2, 0.25) is 5.02 Å². The van der Waals surface area contributed by atoms with Gasteiger partial charge in [-0.2, -0.15) is 0 Å². The van der Waals surface area contributed by atoms with Gasteiger partial charge in [0, 0.05) is 6.04 Å². The molecule has 0 saturated carbocycles. The maximum absolute atomic E-state index is 12.7. The van der Waals surface area contributed by atoms with Crippen molar-refractivity contribution in [2.75, 3.05) is 0 Å². The van der Waals surface area contributed by atoms with E-state index in [9.17, 15) is 4.39 Å². The van der Waals surface area contributed by atoms with Crippen molar-refractivity contribution < 1.29 is 4.39 Å².